The van der Waals surface area contributed by atoms with Gasteiger partial charge in [0.15, 0.2) is 10.1 Å². The number of carbonyl (C=O) groups is 2. The molecule has 3 aromatic rings. The summed E-state index contributed by atoms with van der Waals surface area (Å²) in [4.78, 5) is 26.5. The molecule has 2 aromatic heterocycles. The molecule has 4 rings (SSSR count). The van der Waals surface area contributed by atoms with E-state index in [0.717, 1.165) is 29.9 Å². The summed E-state index contributed by atoms with van der Waals surface area (Å²) in [6, 6.07) is 8.30. The third kappa shape index (κ3) is 5.25. The van der Waals surface area contributed by atoms with Gasteiger partial charge >= 0.3 is 6.61 Å². The van der Waals surface area contributed by atoms with Crippen molar-refractivity contribution in [1.29, 1.82) is 0 Å². The lowest BCUT2D eigenvalue weighted by atomic mass is 10.2. The molecule has 1 aromatic carbocycles. The second-order valence-electron chi connectivity index (χ2n) is 7.68. The number of anilines is 1. The molecule has 2 heterocycles. The molecule has 0 saturated heterocycles. The number of Topliss-reactive ketones (excluding diaryl/α,β-unsaturated/α-hetero) is 1. The van der Waals surface area contributed by atoms with Crippen molar-refractivity contribution >= 4 is 39.9 Å². The Morgan fingerprint density at radius 1 is 1.24 bits per heavy atom. The molecule has 1 saturated carbocycles. The van der Waals surface area contributed by atoms with Crippen molar-refractivity contribution < 1.29 is 23.1 Å². The molecule has 0 spiro atoms. The molecule has 0 aliphatic heterocycles. The molecule has 0 unspecified atom stereocenters. The summed E-state index contributed by atoms with van der Waals surface area (Å²) in [7, 11) is 0. The maximum absolute atomic E-state index is 12.9. The van der Waals surface area contributed by atoms with Crippen LogP contribution in [0.4, 0.5) is 13.9 Å². The first-order chi connectivity index (χ1) is 15.7. The Morgan fingerprint density at radius 3 is 2.55 bits per heavy atom. The van der Waals surface area contributed by atoms with E-state index in [1.807, 2.05) is 24.5 Å². The summed E-state index contributed by atoms with van der Waals surface area (Å²) < 4.78 is 31.7. The zero-order chi connectivity index (χ0) is 23.7. The van der Waals surface area contributed by atoms with Crippen LogP contribution >= 0.6 is 23.1 Å². The number of thioether (sulfide) groups is 1. The highest BCUT2D eigenvalue weighted by Gasteiger charge is 2.34. The lowest BCUT2D eigenvalue weighted by Crippen LogP contribution is -2.30. The van der Waals surface area contributed by atoms with Gasteiger partial charge in [0.25, 0.3) is 0 Å². The lowest BCUT2D eigenvalue weighted by molar-refractivity contribution is -0.116. The topological polar surface area (TPSA) is 77.3 Å². The van der Waals surface area contributed by atoms with E-state index in [-0.39, 0.29) is 29.2 Å². The molecule has 1 fully saturated rings. The highest BCUT2D eigenvalue weighted by atomic mass is 32.2. The van der Waals surface area contributed by atoms with Gasteiger partial charge in [0.05, 0.1) is 5.75 Å². The Hall–Kier alpha value is -2.79. The van der Waals surface area contributed by atoms with Gasteiger partial charge < -0.3 is 9.30 Å². The summed E-state index contributed by atoms with van der Waals surface area (Å²) in [6.07, 6.45) is 1.94. The van der Waals surface area contributed by atoms with Crippen LogP contribution in [0.3, 0.4) is 0 Å². The average Bonchev–Trinajstić information content (AvgIpc) is 3.39. The smallest absolute Gasteiger partial charge is 0.387 e. The predicted molar refractivity (Wildman–Crippen MR) is 123 cm³/mol. The predicted octanol–water partition coefficient (Wildman–Crippen LogP) is 5.04. The van der Waals surface area contributed by atoms with Crippen LogP contribution in [0.15, 0.2) is 34.7 Å². The highest BCUT2D eigenvalue weighted by Crippen LogP contribution is 2.36. The van der Waals surface area contributed by atoms with Gasteiger partial charge in [-0.05, 0) is 57.0 Å². The van der Waals surface area contributed by atoms with Crippen molar-refractivity contribution in [3.63, 3.8) is 0 Å². The first kappa shape index (κ1) is 23.4. The Kier molecular flexibility index (Phi) is 6.80. The maximum atomic E-state index is 12.9. The van der Waals surface area contributed by atoms with E-state index in [9.17, 15) is 18.4 Å². The monoisotopic (exact) mass is 492 g/mol. The third-order valence-corrected chi connectivity index (χ3v) is 7.29. The molecule has 0 radical (unpaired) electrons. The van der Waals surface area contributed by atoms with Crippen LogP contribution in [0, 0.1) is 13.8 Å². The number of rotatable bonds is 9. The minimum Gasteiger partial charge on any atom is -0.435 e. The zero-order valence-corrected chi connectivity index (χ0v) is 19.9. The Balaban J connectivity index is 1.45. The summed E-state index contributed by atoms with van der Waals surface area (Å²) in [5.74, 6) is 0.149. The number of aryl methyl sites for hydroxylation is 1. The molecule has 1 aliphatic rings. The van der Waals surface area contributed by atoms with Crippen molar-refractivity contribution in [2.24, 2.45) is 0 Å². The van der Waals surface area contributed by atoms with Gasteiger partial charge in [0.2, 0.25) is 11.0 Å². The second-order valence-corrected chi connectivity index (χ2v) is 9.85. The largest absolute Gasteiger partial charge is 0.435 e. The molecule has 7 nitrogen and oxygen atoms in total. The Labute approximate surface area is 197 Å². The first-order valence-electron chi connectivity index (χ1n) is 10.3. The van der Waals surface area contributed by atoms with Gasteiger partial charge in [-0.3, -0.25) is 14.5 Å². The number of amides is 1. The number of hydrogen-bond donors (Lipinski definition) is 0. The number of ether oxygens (including phenoxy) is 1. The molecular weight excluding hydrogens is 470 g/mol. The van der Waals surface area contributed by atoms with Gasteiger partial charge in [0.1, 0.15) is 5.75 Å². The van der Waals surface area contributed by atoms with Crippen molar-refractivity contribution in [3.8, 4) is 11.4 Å². The van der Waals surface area contributed by atoms with Gasteiger partial charge in [0, 0.05) is 35.6 Å². The van der Waals surface area contributed by atoms with Crippen LogP contribution in [-0.2, 0) is 4.79 Å². The molecule has 174 valence electrons. The number of carbonyl (C=O) groups excluding carboxylic acids is 2. The van der Waals surface area contributed by atoms with Crippen LogP contribution in [-0.4, -0.2) is 44.9 Å². The first-order valence-corrected chi connectivity index (χ1v) is 12.1. The van der Waals surface area contributed by atoms with E-state index in [0.29, 0.717) is 15.0 Å². The van der Waals surface area contributed by atoms with Gasteiger partial charge in [-0.1, -0.05) is 23.1 Å². The molecule has 0 N–H and O–H groups in total. The van der Waals surface area contributed by atoms with Gasteiger partial charge in [-0.2, -0.15) is 8.78 Å². The van der Waals surface area contributed by atoms with Crippen molar-refractivity contribution in [2.75, 3.05) is 10.7 Å². The van der Waals surface area contributed by atoms with Crippen LogP contribution in [0.1, 0.15) is 41.5 Å². The molecule has 0 bridgehead atoms. The van der Waals surface area contributed by atoms with E-state index < -0.39 is 6.61 Å². The number of ketones is 1. The van der Waals surface area contributed by atoms with E-state index >= 15 is 0 Å². The molecule has 1 amide bonds. The van der Waals surface area contributed by atoms with Crippen LogP contribution in [0.2, 0.25) is 0 Å². The van der Waals surface area contributed by atoms with Crippen molar-refractivity contribution in [2.45, 2.75) is 50.6 Å². The van der Waals surface area contributed by atoms with Crippen molar-refractivity contribution in [3.05, 3.63) is 47.3 Å². The molecular formula is C22H22F2N4O3S2. The number of benzene rings is 1. The zero-order valence-electron chi connectivity index (χ0n) is 18.2. The summed E-state index contributed by atoms with van der Waals surface area (Å²) in [6.45, 7) is 2.37. The number of hydrogen-bond acceptors (Lipinski definition) is 7. The quantitative estimate of drug-likeness (QED) is 0.237. The number of aromatic nitrogens is 3. The highest BCUT2D eigenvalue weighted by molar-refractivity contribution is 8.01. The average molecular weight is 493 g/mol. The Bertz CT molecular complexity index is 1170. The number of nitrogens with zero attached hydrogens (tertiary/aromatic N) is 4. The normalized spacial score (nSPS) is 13.4. The second kappa shape index (κ2) is 9.60. The van der Waals surface area contributed by atoms with Crippen LogP contribution < -0.4 is 9.64 Å². The third-order valence-electron chi connectivity index (χ3n) is 5.23. The Morgan fingerprint density at radius 2 is 1.94 bits per heavy atom. The molecule has 0 atom stereocenters. The van der Waals surface area contributed by atoms with Gasteiger partial charge in [-0.25, -0.2) is 0 Å². The van der Waals surface area contributed by atoms with Crippen molar-refractivity contribution in [1.82, 2.24) is 14.8 Å². The summed E-state index contributed by atoms with van der Waals surface area (Å²) >= 11 is 2.61. The molecule has 1 aliphatic carbocycles. The van der Waals surface area contributed by atoms with Gasteiger partial charge in [-0.15, -0.1) is 10.2 Å². The fraction of sp³-hybridized carbons (Fsp3) is 0.364. The molecule has 33 heavy (non-hydrogen) atoms. The number of halogens is 2. The minimum atomic E-state index is -2.88. The summed E-state index contributed by atoms with van der Waals surface area (Å²) in [5.41, 5.74) is 2.94. The van der Waals surface area contributed by atoms with E-state index in [2.05, 4.69) is 14.9 Å². The summed E-state index contributed by atoms with van der Waals surface area (Å²) in [5, 5.41) is 8.83. The van der Waals surface area contributed by atoms with E-state index in [1.54, 1.807) is 17.0 Å². The van der Waals surface area contributed by atoms with E-state index in [4.69, 9.17) is 0 Å². The maximum Gasteiger partial charge on any atom is 0.387 e. The number of alkyl halides is 2. The molecule has 11 heteroatoms. The standard InChI is InChI=1S/C22H22F2N4O3S2/c1-12-10-18(13(2)27(12)15-6-8-17(9-7-15)31-20(23)24)19(30)11-32-22-26-25-21(33-22)28(14(3)29)16-4-5-16/h6-10,16,20H,4-5,11H2,1-3H3. The van der Waals surface area contributed by atoms with Crippen LogP contribution in [0.5, 0.6) is 5.75 Å². The SMILES string of the molecule is CC(=O)N(c1nnc(SCC(=O)c2cc(C)n(-c3ccc(OC(F)F)cc3)c2C)s1)C1CC1. The fourth-order valence-corrected chi connectivity index (χ4v) is 5.50. The minimum absolute atomic E-state index is 0.0532. The lowest BCUT2D eigenvalue weighted by Gasteiger charge is -2.15. The van der Waals surface area contributed by atoms with Crippen LogP contribution in [0.25, 0.3) is 5.69 Å². The fourth-order valence-electron chi connectivity index (χ4n) is 3.66. The van der Waals surface area contributed by atoms with E-state index in [1.165, 1.54) is 42.2 Å².